The average molecular weight is 199 g/mol. The first-order valence-electron chi connectivity index (χ1n) is 4.64. The molecule has 0 spiro atoms. The smallest absolute Gasteiger partial charge is 0.215 e. The summed E-state index contributed by atoms with van der Waals surface area (Å²) in [6.45, 7) is 4.22. The number of nitrogens with one attached hydrogen (secondary N) is 1. The molecule has 0 amide bonds. The number of hydrogen-bond acceptors (Lipinski definition) is 2. The predicted octanol–water partition coefficient (Wildman–Crippen LogP) is -0.695. The van der Waals surface area contributed by atoms with Crippen LogP contribution in [0.2, 0.25) is 0 Å². The van der Waals surface area contributed by atoms with Crippen LogP contribution in [0, 0.1) is 5.41 Å². The molecule has 1 heterocycles. The molecule has 5 N–H and O–H groups in total. The lowest BCUT2D eigenvalue weighted by molar-refractivity contribution is 0.0743. The maximum absolute atomic E-state index is 7.00. The molecular weight excluding hydrogens is 182 g/mol. The zero-order valence-electron chi connectivity index (χ0n) is 8.36. The number of guanidine groups is 2. The fourth-order valence-electron chi connectivity index (χ4n) is 1.40. The van der Waals surface area contributed by atoms with Gasteiger partial charge in [-0.25, -0.2) is 0 Å². The van der Waals surface area contributed by atoms with E-state index in [1.165, 1.54) is 0 Å². The van der Waals surface area contributed by atoms with Gasteiger partial charge in [-0.15, -0.1) is 0 Å². The molecule has 1 aliphatic heterocycles. The minimum atomic E-state index is -0.264. The Balaban J connectivity index is 2.61. The number of ether oxygens (including phenoxy) is 1. The third-order valence-electron chi connectivity index (χ3n) is 2.01. The minimum Gasteiger partial charge on any atom is -0.377 e. The monoisotopic (exact) mass is 199 g/mol. The van der Waals surface area contributed by atoms with E-state index in [1.807, 2.05) is 11.8 Å². The van der Waals surface area contributed by atoms with Crippen LogP contribution in [-0.4, -0.2) is 42.6 Å². The Bertz CT molecular complexity index is 240. The van der Waals surface area contributed by atoms with Gasteiger partial charge < -0.3 is 21.1 Å². The van der Waals surface area contributed by atoms with Gasteiger partial charge >= 0.3 is 0 Å². The summed E-state index contributed by atoms with van der Waals surface area (Å²) in [5.41, 5.74) is 10.8. The molecule has 1 fully saturated rings. The normalized spacial score (nSPS) is 24.5. The molecule has 1 unspecified atom stereocenters. The SMILES string of the molecule is CC1CN(/C(N)=N/C(=N)N)CCCO1. The van der Waals surface area contributed by atoms with Crippen LogP contribution in [0.4, 0.5) is 0 Å². The highest BCUT2D eigenvalue weighted by molar-refractivity contribution is 5.91. The molecule has 0 saturated carbocycles. The van der Waals surface area contributed by atoms with Crippen molar-refractivity contribution in [3.63, 3.8) is 0 Å². The number of hydrogen-bond donors (Lipinski definition) is 3. The first-order valence-corrected chi connectivity index (χ1v) is 4.64. The highest BCUT2D eigenvalue weighted by Crippen LogP contribution is 2.04. The van der Waals surface area contributed by atoms with E-state index in [0.717, 1.165) is 19.6 Å². The zero-order valence-corrected chi connectivity index (χ0v) is 8.36. The van der Waals surface area contributed by atoms with Crippen LogP contribution in [0.3, 0.4) is 0 Å². The average Bonchev–Trinajstić information content (AvgIpc) is 2.28. The number of rotatable bonds is 0. The Morgan fingerprint density at radius 3 is 2.93 bits per heavy atom. The van der Waals surface area contributed by atoms with Crippen molar-refractivity contribution < 1.29 is 4.74 Å². The van der Waals surface area contributed by atoms with Crippen molar-refractivity contribution >= 4 is 11.9 Å². The molecule has 0 aromatic heterocycles. The molecule has 80 valence electrons. The van der Waals surface area contributed by atoms with Crippen LogP contribution in [0.15, 0.2) is 4.99 Å². The lowest BCUT2D eigenvalue weighted by Gasteiger charge is -2.22. The predicted molar refractivity (Wildman–Crippen MR) is 55.1 cm³/mol. The Kier molecular flexibility index (Phi) is 3.70. The van der Waals surface area contributed by atoms with E-state index in [-0.39, 0.29) is 12.1 Å². The second-order valence-electron chi connectivity index (χ2n) is 3.34. The molecule has 0 radical (unpaired) electrons. The maximum atomic E-state index is 7.00. The van der Waals surface area contributed by atoms with Crippen molar-refractivity contribution in [3.05, 3.63) is 0 Å². The lowest BCUT2D eigenvalue weighted by Crippen LogP contribution is -2.41. The second kappa shape index (κ2) is 4.80. The van der Waals surface area contributed by atoms with Crippen LogP contribution in [-0.2, 0) is 4.74 Å². The molecule has 0 aromatic rings. The molecule has 1 rings (SSSR count). The van der Waals surface area contributed by atoms with Gasteiger partial charge in [-0.05, 0) is 13.3 Å². The van der Waals surface area contributed by atoms with Gasteiger partial charge in [-0.2, -0.15) is 4.99 Å². The van der Waals surface area contributed by atoms with Gasteiger partial charge in [0.15, 0.2) is 5.96 Å². The van der Waals surface area contributed by atoms with E-state index >= 15 is 0 Å². The maximum Gasteiger partial charge on any atom is 0.215 e. The largest absolute Gasteiger partial charge is 0.377 e. The number of aliphatic imine (C=N–C) groups is 1. The van der Waals surface area contributed by atoms with E-state index in [2.05, 4.69) is 4.99 Å². The standard InChI is InChI=1S/C8H17N5O/c1-6-5-13(3-2-4-14-6)8(11)12-7(9)10/h6H,2-5H2,1H3,(H5,9,10,11,12). The topological polar surface area (TPSA) is 101 Å². The Hall–Kier alpha value is -1.30. The van der Waals surface area contributed by atoms with Crippen LogP contribution in [0.25, 0.3) is 0 Å². The summed E-state index contributed by atoms with van der Waals surface area (Å²) in [7, 11) is 0. The molecule has 6 nitrogen and oxygen atoms in total. The first kappa shape index (κ1) is 10.8. The summed E-state index contributed by atoms with van der Waals surface area (Å²) in [5.74, 6) is 0.0372. The second-order valence-corrected chi connectivity index (χ2v) is 3.34. The van der Waals surface area contributed by atoms with Gasteiger partial charge in [-0.3, -0.25) is 5.41 Å². The lowest BCUT2D eigenvalue weighted by atomic mass is 10.3. The van der Waals surface area contributed by atoms with Gasteiger partial charge in [0, 0.05) is 19.7 Å². The van der Waals surface area contributed by atoms with Crippen molar-refractivity contribution in [3.8, 4) is 0 Å². The Morgan fingerprint density at radius 1 is 1.57 bits per heavy atom. The van der Waals surface area contributed by atoms with Crippen molar-refractivity contribution in [1.82, 2.24) is 4.90 Å². The van der Waals surface area contributed by atoms with E-state index in [4.69, 9.17) is 21.6 Å². The van der Waals surface area contributed by atoms with E-state index in [0.29, 0.717) is 12.5 Å². The van der Waals surface area contributed by atoms with E-state index in [1.54, 1.807) is 0 Å². The minimum absolute atomic E-state index is 0.137. The third kappa shape index (κ3) is 3.21. The molecule has 6 heteroatoms. The van der Waals surface area contributed by atoms with Gasteiger partial charge in [0.25, 0.3) is 0 Å². The van der Waals surface area contributed by atoms with Crippen LogP contribution >= 0.6 is 0 Å². The Labute approximate surface area is 83.4 Å². The summed E-state index contributed by atoms with van der Waals surface area (Å²) in [5, 5.41) is 7.00. The number of nitrogens with zero attached hydrogens (tertiary/aromatic N) is 2. The molecule has 1 atom stereocenters. The first-order chi connectivity index (χ1) is 6.59. The van der Waals surface area contributed by atoms with Gasteiger partial charge in [0.05, 0.1) is 6.10 Å². The van der Waals surface area contributed by atoms with Crippen molar-refractivity contribution in [1.29, 1.82) is 5.41 Å². The molecule has 0 aromatic carbocycles. The summed E-state index contributed by atoms with van der Waals surface area (Å²) >= 11 is 0. The highest BCUT2D eigenvalue weighted by atomic mass is 16.5. The fraction of sp³-hybridized carbons (Fsp3) is 0.750. The van der Waals surface area contributed by atoms with E-state index in [9.17, 15) is 0 Å². The van der Waals surface area contributed by atoms with Crippen LogP contribution in [0.5, 0.6) is 0 Å². The van der Waals surface area contributed by atoms with Gasteiger partial charge in [0.1, 0.15) is 0 Å². The molecule has 0 bridgehead atoms. The third-order valence-corrected chi connectivity index (χ3v) is 2.01. The summed E-state index contributed by atoms with van der Waals surface area (Å²) in [6, 6.07) is 0. The Morgan fingerprint density at radius 2 is 2.29 bits per heavy atom. The molecule has 14 heavy (non-hydrogen) atoms. The van der Waals surface area contributed by atoms with E-state index < -0.39 is 0 Å². The van der Waals surface area contributed by atoms with Crippen molar-refractivity contribution in [2.45, 2.75) is 19.4 Å². The molecule has 1 saturated heterocycles. The molecule has 0 aliphatic carbocycles. The summed E-state index contributed by atoms with van der Waals surface area (Å²) < 4.78 is 5.45. The molecule has 1 aliphatic rings. The summed E-state index contributed by atoms with van der Waals surface area (Å²) in [4.78, 5) is 5.59. The number of nitrogens with two attached hydrogens (primary N) is 2. The fourth-order valence-corrected chi connectivity index (χ4v) is 1.40. The van der Waals surface area contributed by atoms with Crippen molar-refractivity contribution in [2.75, 3.05) is 19.7 Å². The summed E-state index contributed by atoms with van der Waals surface area (Å²) in [6.07, 6.45) is 1.05. The quantitative estimate of drug-likeness (QED) is 0.355. The van der Waals surface area contributed by atoms with Crippen molar-refractivity contribution in [2.24, 2.45) is 16.5 Å². The molecular formula is C8H17N5O. The van der Waals surface area contributed by atoms with Crippen LogP contribution in [0.1, 0.15) is 13.3 Å². The highest BCUT2D eigenvalue weighted by Gasteiger charge is 2.16. The van der Waals surface area contributed by atoms with Gasteiger partial charge in [-0.1, -0.05) is 0 Å². The zero-order chi connectivity index (χ0) is 10.6. The van der Waals surface area contributed by atoms with Crippen LogP contribution < -0.4 is 11.5 Å². The van der Waals surface area contributed by atoms with Gasteiger partial charge in [0.2, 0.25) is 5.96 Å².